The fourth-order valence-electron chi connectivity index (χ4n) is 0.834. The largest absolute Gasteiger partial charge is 0.426 e. The Labute approximate surface area is 68.8 Å². The number of carbonyl (C=O) groups excluding carboxylic acids is 2. The topological polar surface area (TPSA) is 70.4 Å². The van der Waals surface area contributed by atoms with Gasteiger partial charge in [-0.2, -0.15) is 5.26 Å². The number of amides is 2. The Morgan fingerprint density at radius 3 is 2.50 bits per heavy atom. The molecule has 0 saturated carbocycles. The molecule has 1 aliphatic rings. The quantitative estimate of drug-likeness (QED) is 0.319. The number of rotatable bonds is 3. The second kappa shape index (κ2) is 3.53. The van der Waals surface area contributed by atoms with E-state index in [4.69, 9.17) is 5.26 Å². The van der Waals surface area contributed by atoms with Crippen molar-refractivity contribution in [2.24, 2.45) is 0 Å². The minimum absolute atomic E-state index is 0.0512. The summed E-state index contributed by atoms with van der Waals surface area (Å²) in [6, 6.07) is 0. The van der Waals surface area contributed by atoms with Crippen molar-refractivity contribution in [3.05, 3.63) is 12.2 Å². The van der Waals surface area contributed by atoms with Crippen LogP contribution in [0.2, 0.25) is 0 Å². The van der Waals surface area contributed by atoms with Crippen LogP contribution in [0.5, 0.6) is 0 Å². The zero-order chi connectivity index (χ0) is 8.97. The molecule has 0 fully saturated rings. The van der Waals surface area contributed by atoms with E-state index in [2.05, 4.69) is 4.74 Å². The van der Waals surface area contributed by atoms with E-state index in [0.29, 0.717) is 0 Å². The maximum atomic E-state index is 10.9. The van der Waals surface area contributed by atoms with Gasteiger partial charge in [-0.15, -0.1) is 0 Å². The molecule has 1 heterocycles. The third kappa shape index (κ3) is 1.61. The molecule has 0 bridgehead atoms. The van der Waals surface area contributed by atoms with Crippen LogP contribution in [0, 0.1) is 11.5 Å². The molecule has 1 aliphatic heterocycles. The van der Waals surface area contributed by atoms with E-state index >= 15 is 0 Å². The average molecular weight is 166 g/mol. The van der Waals surface area contributed by atoms with Crippen LogP contribution in [0.4, 0.5) is 0 Å². The van der Waals surface area contributed by atoms with Crippen molar-refractivity contribution < 1.29 is 14.3 Å². The first kappa shape index (κ1) is 8.27. The number of carbonyl (C=O) groups is 2. The molecule has 5 nitrogen and oxygen atoms in total. The van der Waals surface area contributed by atoms with Crippen LogP contribution < -0.4 is 0 Å². The number of nitriles is 1. The van der Waals surface area contributed by atoms with Crippen molar-refractivity contribution in [3.63, 3.8) is 0 Å². The average Bonchev–Trinajstić information content (AvgIpc) is 2.35. The van der Waals surface area contributed by atoms with E-state index in [9.17, 15) is 9.59 Å². The standard InChI is InChI=1S/C7H6N2O3/c8-5-12-4-3-9-6(10)1-2-7(9)11/h1-2H,3-4H2. The summed E-state index contributed by atoms with van der Waals surface area (Å²) in [6.07, 6.45) is 3.83. The molecule has 0 aromatic heterocycles. The minimum atomic E-state index is -0.360. The van der Waals surface area contributed by atoms with Crippen LogP contribution in [-0.4, -0.2) is 29.9 Å². The van der Waals surface area contributed by atoms with Crippen LogP contribution >= 0.6 is 0 Å². The van der Waals surface area contributed by atoms with E-state index in [1.54, 1.807) is 0 Å². The van der Waals surface area contributed by atoms with Crippen LogP contribution in [0.15, 0.2) is 12.2 Å². The van der Waals surface area contributed by atoms with Gasteiger partial charge in [0.05, 0.1) is 6.54 Å². The zero-order valence-electron chi connectivity index (χ0n) is 6.19. The number of imide groups is 1. The van der Waals surface area contributed by atoms with E-state index < -0.39 is 0 Å². The highest BCUT2D eigenvalue weighted by atomic mass is 16.5. The van der Waals surface area contributed by atoms with Gasteiger partial charge >= 0.3 is 0 Å². The SMILES string of the molecule is N#COCCN1C(=O)C=CC1=O. The molecular formula is C7H6N2O3. The molecule has 0 radical (unpaired) electrons. The summed E-state index contributed by atoms with van der Waals surface area (Å²) in [6.45, 7) is 0.174. The normalized spacial score (nSPS) is 15.1. The molecular weight excluding hydrogens is 160 g/mol. The van der Waals surface area contributed by atoms with Gasteiger partial charge in [0.25, 0.3) is 18.1 Å². The predicted molar refractivity (Wildman–Crippen MR) is 37.4 cm³/mol. The number of hydrogen-bond acceptors (Lipinski definition) is 4. The van der Waals surface area contributed by atoms with Crippen molar-refractivity contribution in [1.29, 1.82) is 5.26 Å². The highest BCUT2D eigenvalue weighted by Gasteiger charge is 2.22. The molecule has 0 unspecified atom stereocenters. The van der Waals surface area contributed by atoms with E-state index in [-0.39, 0.29) is 25.0 Å². The van der Waals surface area contributed by atoms with E-state index in [1.807, 2.05) is 0 Å². The lowest BCUT2D eigenvalue weighted by molar-refractivity contribution is -0.137. The molecule has 0 aromatic rings. The molecule has 0 aromatic carbocycles. The Morgan fingerprint density at radius 2 is 2.00 bits per heavy atom. The molecule has 62 valence electrons. The molecule has 1 rings (SSSR count). The first-order valence-electron chi connectivity index (χ1n) is 3.30. The molecule has 0 atom stereocenters. The molecule has 0 saturated heterocycles. The molecule has 12 heavy (non-hydrogen) atoms. The van der Waals surface area contributed by atoms with Crippen molar-refractivity contribution in [3.8, 4) is 6.26 Å². The molecule has 0 N–H and O–H groups in total. The van der Waals surface area contributed by atoms with Crippen molar-refractivity contribution in [1.82, 2.24) is 4.90 Å². The maximum Gasteiger partial charge on any atom is 0.286 e. The Morgan fingerprint density at radius 1 is 1.42 bits per heavy atom. The maximum absolute atomic E-state index is 10.9. The van der Waals surface area contributed by atoms with Crippen LogP contribution in [0.25, 0.3) is 0 Å². The first-order chi connectivity index (χ1) is 5.75. The zero-order valence-corrected chi connectivity index (χ0v) is 6.19. The van der Waals surface area contributed by atoms with Crippen LogP contribution in [0.3, 0.4) is 0 Å². The van der Waals surface area contributed by atoms with Crippen molar-refractivity contribution >= 4 is 11.8 Å². The lowest BCUT2D eigenvalue weighted by Gasteiger charge is -2.11. The van der Waals surface area contributed by atoms with Gasteiger partial charge in [0, 0.05) is 12.2 Å². The van der Waals surface area contributed by atoms with Gasteiger partial charge in [0.15, 0.2) is 0 Å². The highest BCUT2D eigenvalue weighted by Crippen LogP contribution is 2.01. The fourth-order valence-corrected chi connectivity index (χ4v) is 0.834. The lowest BCUT2D eigenvalue weighted by atomic mass is 10.5. The summed E-state index contributed by atoms with van der Waals surface area (Å²) in [5.74, 6) is -0.719. The minimum Gasteiger partial charge on any atom is -0.426 e. The monoisotopic (exact) mass is 166 g/mol. The summed E-state index contributed by atoms with van der Waals surface area (Å²) in [7, 11) is 0. The third-order valence-electron chi connectivity index (χ3n) is 1.38. The Balaban J connectivity index is 2.39. The number of hydrogen-bond donors (Lipinski definition) is 0. The summed E-state index contributed by atoms with van der Waals surface area (Å²) < 4.78 is 4.32. The second-order valence-electron chi connectivity index (χ2n) is 2.10. The number of ether oxygens (including phenoxy) is 1. The molecule has 2 amide bonds. The van der Waals surface area contributed by atoms with Gasteiger partial charge in [-0.3, -0.25) is 14.5 Å². The van der Waals surface area contributed by atoms with Crippen LogP contribution in [-0.2, 0) is 14.3 Å². The van der Waals surface area contributed by atoms with Crippen LogP contribution in [0.1, 0.15) is 0 Å². The van der Waals surface area contributed by atoms with Crippen molar-refractivity contribution in [2.75, 3.05) is 13.2 Å². The first-order valence-corrected chi connectivity index (χ1v) is 3.30. The smallest absolute Gasteiger partial charge is 0.286 e. The van der Waals surface area contributed by atoms with Gasteiger partial charge in [-0.05, 0) is 0 Å². The highest BCUT2D eigenvalue weighted by molar-refractivity contribution is 6.12. The summed E-state index contributed by atoms with van der Waals surface area (Å²) in [5.41, 5.74) is 0. The predicted octanol–water partition coefficient (Wildman–Crippen LogP) is -0.591. The van der Waals surface area contributed by atoms with Gasteiger partial charge < -0.3 is 4.74 Å². The summed E-state index contributed by atoms with van der Waals surface area (Å²) >= 11 is 0. The third-order valence-corrected chi connectivity index (χ3v) is 1.38. The molecule has 5 heteroatoms. The second-order valence-corrected chi connectivity index (χ2v) is 2.10. The van der Waals surface area contributed by atoms with Gasteiger partial charge in [0.1, 0.15) is 6.61 Å². The Bertz CT molecular complexity index is 259. The van der Waals surface area contributed by atoms with Gasteiger partial charge in [-0.25, -0.2) is 0 Å². The lowest BCUT2D eigenvalue weighted by Crippen LogP contribution is -2.32. The molecule has 0 spiro atoms. The summed E-state index contributed by atoms with van der Waals surface area (Å²) in [4.78, 5) is 22.7. The molecule has 0 aliphatic carbocycles. The van der Waals surface area contributed by atoms with Gasteiger partial charge in [0.2, 0.25) is 0 Å². The van der Waals surface area contributed by atoms with E-state index in [1.165, 1.54) is 18.4 Å². The van der Waals surface area contributed by atoms with Gasteiger partial charge in [-0.1, -0.05) is 0 Å². The van der Waals surface area contributed by atoms with Crippen molar-refractivity contribution in [2.45, 2.75) is 0 Å². The summed E-state index contributed by atoms with van der Waals surface area (Å²) in [5, 5.41) is 8.00. The number of nitrogens with zero attached hydrogens (tertiary/aromatic N) is 2. The Hall–Kier alpha value is -1.83. The Kier molecular flexibility index (Phi) is 2.43. The fraction of sp³-hybridized carbons (Fsp3) is 0.286. The van der Waals surface area contributed by atoms with E-state index in [0.717, 1.165) is 4.90 Å².